The molecule has 124 valence electrons. The van der Waals surface area contributed by atoms with Gasteiger partial charge in [-0.15, -0.1) is 0 Å². The fourth-order valence-corrected chi connectivity index (χ4v) is 4.36. The van der Waals surface area contributed by atoms with Crippen LogP contribution in [0, 0.1) is 5.41 Å². The first-order valence-corrected chi connectivity index (χ1v) is 8.98. The highest BCUT2D eigenvalue weighted by Crippen LogP contribution is 2.38. The van der Waals surface area contributed by atoms with Gasteiger partial charge in [0.15, 0.2) is 0 Å². The lowest BCUT2D eigenvalue weighted by Crippen LogP contribution is -2.63. The summed E-state index contributed by atoms with van der Waals surface area (Å²) in [6, 6.07) is 1.38. The third-order valence-corrected chi connectivity index (χ3v) is 5.70. The maximum atomic E-state index is 3.81. The average molecular weight is 296 g/mol. The van der Waals surface area contributed by atoms with E-state index in [1.807, 2.05) is 0 Å². The van der Waals surface area contributed by atoms with Crippen molar-refractivity contribution in [1.82, 2.24) is 15.1 Å². The highest BCUT2D eigenvalue weighted by Gasteiger charge is 2.42. The van der Waals surface area contributed by atoms with Gasteiger partial charge in [-0.25, -0.2) is 0 Å². The molecule has 1 heterocycles. The Kier molecular flexibility index (Phi) is 5.38. The zero-order valence-electron chi connectivity index (χ0n) is 15.2. The monoisotopic (exact) mass is 295 g/mol. The molecule has 0 spiro atoms. The van der Waals surface area contributed by atoms with Crippen LogP contribution < -0.4 is 5.32 Å². The molecule has 1 saturated carbocycles. The lowest BCUT2D eigenvalue weighted by atomic mass is 9.70. The Labute approximate surface area is 132 Å². The molecule has 0 aromatic heterocycles. The Balaban J connectivity index is 2.00. The van der Waals surface area contributed by atoms with Gasteiger partial charge in [0.05, 0.1) is 0 Å². The largest absolute Gasteiger partial charge is 0.312 e. The van der Waals surface area contributed by atoms with Crippen molar-refractivity contribution in [3.63, 3.8) is 0 Å². The molecule has 1 aliphatic heterocycles. The van der Waals surface area contributed by atoms with Crippen LogP contribution in [0.4, 0.5) is 0 Å². The molecule has 2 unspecified atom stereocenters. The van der Waals surface area contributed by atoms with E-state index in [1.54, 1.807) is 0 Å². The number of nitrogens with zero attached hydrogens (tertiary/aromatic N) is 2. The average Bonchev–Trinajstić information content (AvgIpc) is 2.40. The van der Waals surface area contributed by atoms with E-state index in [-0.39, 0.29) is 0 Å². The Morgan fingerprint density at radius 2 is 1.71 bits per heavy atom. The molecule has 0 bridgehead atoms. The van der Waals surface area contributed by atoms with Crippen molar-refractivity contribution in [3.05, 3.63) is 0 Å². The van der Waals surface area contributed by atoms with Crippen LogP contribution in [-0.2, 0) is 0 Å². The maximum absolute atomic E-state index is 3.81. The summed E-state index contributed by atoms with van der Waals surface area (Å²) in [7, 11) is 0. The van der Waals surface area contributed by atoms with Gasteiger partial charge in [-0.05, 0) is 45.6 Å². The molecule has 3 nitrogen and oxygen atoms in total. The standard InChI is InChI=1S/C18H37N3/c1-7-19-16-15(9-8-10-18(16,5)6)20-11-13-21(14-12-20)17(2,3)4/h15-16,19H,7-14H2,1-6H3. The van der Waals surface area contributed by atoms with Gasteiger partial charge in [0, 0.05) is 43.8 Å². The van der Waals surface area contributed by atoms with E-state index in [4.69, 9.17) is 0 Å². The molecule has 1 N–H and O–H groups in total. The summed E-state index contributed by atoms with van der Waals surface area (Å²) in [6.45, 7) is 20.2. The SMILES string of the molecule is CCNC1C(N2CCN(C(C)(C)C)CC2)CCCC1(C)C. The number of piperazine rings is 1. The summed E-state index contributed by atoms with van der Waals surface area (Å²) in [4.78, 5) is 5.41. The molecule has 0 aromatic rings. The van der Waals surface area contributed by atoms with E-state index in [9.17, 15) is 0 Å². The fourth-order valence-electron chi connectivity index (χ4n) is 4.36. The van der Waals surface area contributed by atoms with Gasteiger partial charge in [-0.3, -0.25) is 9.80 Å². The van der Waals surface area contributed by atoms with Crippen molar-refractivity contribution in [2.24, 2.45) is 5.41 Å². The van der Waals surface area contributed by atoms with Gasteiger partial charge in [-0.1, -0.05) is 27.2 Å². The van der Waals surface area contributed by atoms with Crippen molar-refractivity contribution >= 4 is 0 Å². The highest BCUT2D eigenvalue weighted by atomic mass is 15.3. The summed E-state index contributed by atoms with van der Waals surface area (Å²) >= 11 is 0. The molecule has 2 aliphatic rings. The first-order chi connectivity index (χ1) is 9.75. The Morgan fingerprint density at radius 1 is 1.10 bits per heavy atom. The van der Waals surface area contributed by atoms with Crippen molar-refractivity contribution < 1.29 is 0 Å². The predicted molar refractivity (Wildman–Crippen MR) is 91.8 cm³/mol. The molecule has 1 saturated heterocycles. The summed E-state index contributed by atoms with van der Waals surface area (Å²) in [6.07, 6.45) is 4.12. The van der Waals surface area contributed by atoms with Crippen LogP contribution in [0.15, 0.2) is 0 Å². The number of rotatable bonds is 3. The minimum atomic E-state index is 0.318. The number of hydrogen-bond acceptors (Lipinski definition) is 3. The number of likely N-dealkylation sites (N-methyl/N-ethyl adjacent to an activating group) is 1. The van der Waals surface area contributed by atoms with Crippen LogP contribution in [0.2, 0.25) is 0 Å². The van der Waals surface area contributed by atoms with E-state index in [0.29, 0.717) is 17.0 Å². The fraction of sp³-hybridized carbons (Fsp3) is 1.00. The summed E-state index contributed by atoms with van der Waals surface area (Å²) in [5, 5.41) is 3.81. The van der Waals surface area contributed by atoms with Gasteiger partial charge in [-0.2, -0.15) is 0 Å². The van der Waals surface area contributed by atoms with Crippen molar-refractivity contribution in [2.75, 3.05) is 32.7 Å². The van der Waals surface area contributed by atoms with Crippen LogP contribution in [0.1, 0.15) is 60.8 Å². The first kappa shape index (κ1) is 17.2. The molecule has 3 heteroatoms. The zero-order chi connectivity index (χ0) is 15.7. The first-order valence-electron chi connectivity index (χ1n) is 8.98. The lowest BCUT2D eigenvalue weighted by Gasteiger charge is -2.51. The molecule has 2 atom stereocenters. The van der Waals surface area contributed by atoms with Crippen molar-refractivity contribution in [3.8, 4) is 0 Å². The molecule has 1 aliphatic carbocycles. The second kappa shape index (κ2) is 6.55. The van der Waals surface area contributed by atoms with Crippen LogP contribution in [-0.4, -0.2) is 60.1 Å². The number of hydrogen-bond donors (Lipinski definition) is 1. The Morgan fingerprint density at radius 3 is 2.24 bits per heavy atom. The van der Waals surface area contributed by atoms with E-state index in [0.717, 1.165) is 12.6 Å². The quantitative estimate of drug-likeness (QED) is 0.863. The zero-order valence-corrected chi connectivity index (χ0v) is 15.2. The molecule has 0 aromatic carbocycles. The van der Waals surface area contributed by atoms with Crippen LogP contribution in [0.25, 0.3) is 0 Å². The second-order valence-electron chi connectivity index (χ2n) is 8.68. The molecule has 0 radical (unpaired) electrons. The molecule has 2 rings (SSSR count). The highest BCUT2D eigenvalue weighted by molar-refractivity contribution is 4.99. The summed E-state index contributed by atoms with van der Waals surface area (Å²) < 4.78 is 0. The third kappa shape index (κ3) is 4.00. The molecular weight excluding hydrogens is 258 g/mol. The minimum absolute atomic E-state index is 0.318. The van der Waals surface area contributed by atoms with E-state index in [1.165, 1.54) is 45.4 Å². The van der Waals surface area contributed by atoms with Gasteiger partial charge in [0.25, 0.3) is 0 Å². The van der Waals surface area contributed by atoms with Gasteiger partial charge in [0.2, 0.25) is 0 Å². The smallest absolute Gasteiger partial charge is 0.0274 e. The summed E-state index contributed by atoms with van der Waals surface area (Å²) in [5.74, 6) is 0. The van der Waals surface area contributed by atoms with E-state index < -0.39 is 0 Å². The minimum Gasteiger partial charge on any atom is -0.312 e. The van der Waals surface area contributed by atoms with Crippen molar-refractivity contribution in [2.45, 2.75) is 78.4 Å². The third-order valence-electron chi connectivity index (χ3n) is 5.70. The predicted octanol–water partition coefficient (Wildman–Crippen LogP) is 2.96. The lowest BCUT2D eigenvalue weighted by molar-refractivity contribution is -0.00263. The summed E-state index contributed by atoms with van der Waals surface area (Å²) in [5.41, 5.74) is 0.749. The van der Waals surface area contributed by atoms with Gasteiger partial charge in [0.1, 0.15) is 0 Å². The second-order valence-corrected chi connectivity index (χ2v) is 8.68. The molecular formula is C18H37N3. The Bertz CT molecular complexity index is 324. The maximum Gasteiger partial charge on any atom is 0.0274 e. The molecule has 21 heavy (non-hydrogen) atoms. The molecule has 2 fully saturated rings. The van der Waals surface area contributed by atoms with E-state index in [2.05, 4.69) is 56.7 Å². The Hall–Kier alpha value is -0.120. The number of nitrogens with one attached hydrogen (secondary N) is 1. The normalized spacial score (nSPS) is 32.3. The van der Waals surface area contributed by atoms with Crippen LogP contribution in [0.3, 0.4) is 0 Å². The molecule has 0 amide bonds. The van der Waals surface area contributed by atoms with E-state index >= 15 is 0 Å². The van der Waals surface area contributed by atoms with Crippen LogP contribution >= 0.6 is 0 Å². The topological polar surface area (TPSA) is 18.5 Å². The van der Waals surface area contributed by atoms with Gasteiger partial charge >= 0.3 is 0 Å². The van der Waals surface area contributed by atoms with Crippen molar-refractivity contribution in [1.29, 1.82) is 0 Å². The van der Waals surface area contributed by atoms with Crippen LogP contribution in [0.5, 0.6) is 0 Å². The van der Waals surface area contributed by atoms with Gasteiger partial charge < -0.3 is 5.32 Å².